The Morgan fingerprint density at radius 3 is 2.33 bits per heavy atom. The molecule has 3 N–H and O–H groups in total. The van der Waals surface area contributed by atoms with Crippen molar-refractivity contribution < 1.29 is 25.6 Å². The molecule has 0 unspecified atom stereocenters. The summed E-state index contributed by atoms with van der Waals surface area (Å²) in [4.78, 5) is 11.9. The lowest BCUT2D eigenvalue weighted by Crippen LogP contribution is -2.15. The highest BCUT2D eigenvalue weighted by Crippen LogP contribution is 2.18. The quantitative estimate of drug-likeness (QED) is 0.307. The molecule has 1 aromatic heterocycles. The van der Waals surface area contributed by atoms with Crippen LogP contribution in [0.5, 0.6) is 0 Å². The fourth-order valence-electron chi connectivity index (χ4n) is 1.89. The van der Waals surface area contributed by atoms with Crippen LogP contribution in [0.2, 0.25) is 0 Å². The molecule has 2 rings (SSSR count). The van der Waals surface area contributed by atoms with Gasteiger partial charge in [-0.15, -0.1) is 0 Å². The van der Waals surface area contributed by atoms with Crippen molar-refractivity contribution in [2.24, 2.45) is 0 Å². The molecule has 1 heterocycles. The van der Waals surface area contributed by atoms with Gasteiger partial charge in [-0.3, -0.25) is 9.87 Å². The minimum atomic E-state index is -4.70. The zero-order valence-corrected chi connectivity index (χ0v) is 15.5. The normalized spacial score (nSPS) is 11.6. The van der Waals surface area contributed by atoms with Crippen molar-refractivity contribution in [3.8, 4) is 6.19 Å². The topological polar surface area (TPSA) is 184 Å². The second-order valence-electron chi connectivity index (χ2n) is 4.98. The van der Waals surface area contributed by atoms with E-state index in [9.17, 15) is 16.8 Å². The van der Waals surface area contributed by atoms with Gasteiger partial charge in [0, 0.05) is 5.69 Å². The van der Waals surface area contributed by atoms with Gasteiger partial charge in [-0.25, -0.2) is 12.6 Å². The predicted octanol–water partition coefficient (Wildman–Crippen LogP) is 0.410. The number of sulfone groups is 1. The summed E-state index contributed by atoms with van der Waals surface area (Å²) < 4.78 is 57.6. The van der Waals surface area contributed by atoms with Gasteiger partial charge in [0.25, 0.3) is 0 Å². The summed E-state index contributed by atoms with van der Waals surface area (Å²) >= 11 is 0. The van der Waals surface area contributed by atoms with Gasteiger partial charge in [-0.2, -0.15) is 28.6 Å². The Morgan fingerprint density at radius 2 is 1.74 bits per heavy atom. The molecule has 2 aromatic rings. The molecule has 0 saturated heterocycles. The van der Waals surface area contributed by atoms with Crippen LogP contribution in [0.1, 0.15) is 5.82 Å². The second-order valence-corrected chi connectivity index (χ2v) is 8.18. The maximum absolute atomic E-state index is 12.1. The highest BCUT2D eigenvalue weighted by molar-refractivity contribution is 7.91. The Hall–Kier alpha value is -2.86. The highest BCUT2D eigenvalue weighted by Gasteiger charge is 2.16. The monoisotopic (exact) mass is 414 g/mol. The molecule has 0 aliphatic heterocycles. The lowest BCUT2D eigenvalue weighted by molar-refractivity contribution is 0.284. The van der Waals surface area contributed by atoms with Gasteiger partial charge in [-0.1, -0.05) is 0 Å². The van der Waals surface area contributed by atoms with Crippen LogP contribution in [0.3, 0.4) is 0 Å². The number of aromatic nitrogens is 3. The molecule has 0 fully saturated rings. The summed E-state index contributed by atoms with van der Waals surface area (Å²) in [6.45, 7) is 0.902. The van der Waals surface area contributed by atoms with Crippen LogP contribution in [0.15, 0.2) is 29.2 Å². The minimum absolute atomic E-state index is 0.0607. The van der Waals surface area contributed by atoms with E-state index in [0.29, 0.717) is 11.5 Å². The number of rotatable bonds is 8. The molecule has 14 heteroatoms. The lowest BCUT2D eigenvalue weighted by atomic mass is 10.3. The van der Waals surface area contributed by atoms with Crippen LogP contribution in [0.25, 0.3) is 0 Å². The third kappa shape index (κ3) is 6.42. The van der Waals surface area contributed by atoms with Crippen molar-refractivity contribution in [2.75, 3.05) is 23.0 Å². The summed E-state index contributed by atoms with van der Waals surface area (Å²) in [5.41, 5.74) is 0.469. The summed E-state index contributed by atoms with van der Waals surface area (Å²) in [7, 11) is -8.51. The van der Waals surface area contributed by atoms with E-state index in [2.05, 4.69) is 29.8 Å². The Labute approximate surface area is 155 Å². The molecule has 0 aliphatic carbocycles. The fraction of sp³-hybridized carbons (Fsp3) is 0.231. The molecule has 0 saturated carbocycles. The van der Waals surface area contributed by atoms with Gasteiger partial charge in [0.2, 0.25) is 11.9 Å². The molecular formula is C13H14N6O6S2. The van der Waals surface area contributed by atoms with Gasteiger partial charge in [0.05, 0.1) is 17.3 Å². The molecule has 1 aromatic carbocycles. The van der Waals surface area contributed by atoms with E-state index in [1.165, 1.54) is 24.3 Å². The average molecular weight is 414 g/mol. The van der Waals surface area contributed by atoms with E-state index < -0.39 is 32.6 Å². The van der Waals surface area contributed by atoms with Crippen molar-refractivity contribution in [3.63, 3.8) is 0 Å². The van der Waals surface area contributed by atoms with Gasteiger partial charge >= 0.3 is 10.4 Å². The SMILES string of the molecule is Cc1nc(NC#N)nc(Nc2ccc(S(=O)(=O)CCOS(=O)(=O)O)cc2)n1. The first-order chi connectivity index (χ1) is 12.6. The van der Waals surface area contributed by atoms with Crippen LogP contribution >= 0.6 is 0 Å². The molecule has 144 valence electrons. The number of benzene rings is 1. The summed E-state index contributed by atoms with van der Waals surface area (Å²) in [6, 6.07) is 5.50. The first-order valence-electron chi connectivity index (χ1n) is 7.18. The standard InChI is InChI=1S/C13H14N6O6S2/c1-9-16-12(15-8-14)19-13(17-9)18-10-2-4-11(5-3-10)26(20,21)7-6-25-27(22,23)24/h2-5H,6-7H2,1H3,(H,22,23,24)(H2,15,16,17,18,19). The van der Waals surface area contributed by atoms with Crippen LogP contribution in [-0.2, 0) is 24.4 Å². The van der Waals surface area contributed by atoms with Crippen molar-refractivity contribution >= 4 is 37.8 Å². The van der Waals surface area contributed by atoms with E-state index in [0.717, 1.165) is 0 Å². The molecule has 0 aliphatic rings. The van der Waals surface area contributed by atoms with Crippen LogP contribution in [-0.4, -0.2) is 48.7 Å². The second kappa shape index (κ2) is 8.22. The number of nitrogens with one attached hydrogen (secondary N) is 2. The van der Waals surface area contributed by atoms with Crippen LogP contribution in [0.4, 0.5) is 17.6 Å². The predicted molar refractivity (Wildman–Crippen MR) is 93.1 cm³/mol. The summed E-state index contributed by atoms with van der Waals surface area (Å²) in [5, 5.41) is 13.7. The molecule has 27 heavy (non-hydrogen) atoms. The summed E-state index contributed by atoms with van der Waals surface area (Å²) in [5.74, 6) is -0.0543. The number of hydrogen-bond acceptors (Lipinski definition) is 11. The lowest BCUT2D eigenvalue weighted by Gasteiger charge is -2.08. The zero-order valence-electron chi connectivity index (χ0n) is 13.8. The van der Waals surface area contributed by atoms with E-state index in [-0.39, 0.29) is 16.8 Å². The number of nitrogens with zero attached hydrogens (tertiary/aromatic N) is 4. The van der Waals surface area contributed by atoms with Crippen molar-refractivity contribution in [2.45, 2.75) is 11.8 Å². The van der Waals surface area contributed by atoms with Crippen molar-refractivity contribution in [1.29, 1.82) is 5.26 Å². The van der Waals surface area contributed by atoms with Crippen molar-refractivity contribution in [3.05, 3.63) is 30.1 Å². The van der Waals surface area contributed by atoms with E-state index in [4.69, 9.17) is 9.81 Å². The maximum atomic E-state index is 12.1. The highest BCUT2D eigenvalue weighted by atomic mass is 32.3. The molecule has 0 atom stereocenters. The first kappa shape index (κ1) is 20.5. The Bertz CT molecular complexity index is 1060. The van der Waals surface area contributed by atoms with E-state index in [1.807, 2.05) is 0 Å². The molecule has 0 spiro atoms. The Kier molecular flexibility index (Phi) is 6.23. The summed E-state index contributed by atoms with van der Waals surface area (Å²) in [6.07, 6.45) is 1.69. The number of nitriles is 1. The smallest absolute Gasteiger partial charge is 0.324 e. The van der Waals surface area contributed by atoms with E-state index in [1.54, 1.807) is 13.1 Å². The number of anilines is 3. The fourth-order valence-corrected chi connectivity index (χ4v) is 3.37. The minimum Gasteiger partial charge on any atom is -0.324 e. The van der Waals surface area contributed by atoms with Crippen molar-refractivity contribution in [1.82, 2.24) is 15.0 Å². The van der Waals surface area contributed by atoms with Gasteiger partial charge in [0.15, 0.2) is 16.0 Å². The molecule has 12 nitrogen and oxygen atoms in total. The maximum Gasteiger partial charge on any atom is 0.397 e. The van der Waals surface area contributed by atoms with Crippen LogP contribution in [0, 0.1) is 18.4 Å². The number of aryl methyl sites for hydroxylation is 1. The third-order valence-electron chi connectivity index (χ3n) is 2.97. The third-order valence-corrected chi connectivity index (χ3v) is 5.13. The van der Waals surface area contributed by atoms with Gasteiger partial charge in [-0.05, 0) is 31.2 Å². The van der Waals surface area contributed by atoms with E-state index >= 15 is 0 Å². The Morgan fingerprint density at radius 1 is 1.11 bits per heavy atom. The first-order valence-corrected chi connectivity index (χ1v) is 10.2. The average Bonchev–Trinajstić information content (AvgIpc) is 2.53. The Balaban J connectivity index is 2.10. The zero-order chi connectivity index (χ0) is 20.1. The number of hydrogen-bond donors (Lipinski definition) is 3. The molecule has 0 radical (unpaired) electrons. The van der Waals surface area contributed by atoms with Gasteiger partial charge < -0.3 is 5.32 Å². The molecular weight excluding hydrogens is 400 g/mol. The van der Waals surface area contributed by atoms with Gasteiger partial charge in [0.1, 0.15) is 5.82 Å². The van der Waals surface area contributed by atoms with Crippen LogP contribution < -0.4 is 10.6 Å². The molecule has 0 bridgehead atoms. The largest absolute Gasteiger partial charge is 0.397 e. The molecule has 0 amide bonds.